The number of ether oxygens (including phenoxy) is 9. The van der Waals surface area contributed by atoms with Gasteiger partial charge < -0.3 is 62.6 Å². The molecule has 2 N–H and O–H groups in total. The van der Waals surface area contributed by atoms with E-state index in [2.05, 4.69) is 18.7 Å². The number of rotatable bonds is 10. The van der Waals surface area contributed by atoms with E-state index in [1.165, 1.54) is 0 Å². The van der Waals surface area contributed by atoms with Crippen molar-refractivity contribution in [2.24, 2.45) is 17.8 Å². The van der Waals surface area contributed by atoms with E-state index in [4.69, 9.17) is 42.6 Å². The van der Waals surface area contributed by atoms with Gasteiger partial charge in [0.05, 0.1) is 41.5 Å². The SMILES string of the molecule is CC[C@H]1OC(=O)[C@H](C)[C@@H](O[C@H]2C[C@@](C)(OC)[C@@H](OC)[C@@H](C)O2)[C@H](C)[C@@H](O[C@@H]2O[C@H](C)C[C@@H](N(C)C)[C@H]2O)[C@](C)(O)C[C@@H](C)CN(C)[C@H](C)[C@@H](OC)[C@]1(C)OC. The summed E-state index contributed by atoms with van der Waals surface area (Å²) in [6, 6.07) is -0.398. The van der Waals surface area contributed by atoms with E-state index in [0.717, 1.165) is 0 Å². The molecule has 3 heterocycles. The highest BCUT2D eigenvalue weighted by Gasteiger charge is 2.53. The van der Waals surface area contributed by atoms with E-state index in [1.54, 1.807) is 42.3 Å². The number of methoxy groups -OCH3 is 4. The minimum Gasteiger partial charge on any atom is -0.459 e. The van der Waals surface area contributed by atoms with Gasteiger partial charge in [-0.15, -0.1) is 0 Å². The average molecular weight is 791 g/mol. The fourth-order valence-corrected chi connectivity index (χ4v) is 9.81. The van der Waals surface area contributed by atoms with E-state index in [-0.39, 0.29) is 30.2 Å². The zero-order chi connectivity index (χ0) is 41.8. The maximum atomic E-state index is 14.6. The Morgan fingerprint density at radius 1 is 0.891 bits per heavy atom. The summed E-state index contributed by atoms with van der Waals surface area (Å²) in [5, 5.41) is 24.3. The van der Waals surface area contributed by atoms with Gasteiger partial charge in [-0.25, -0.2) is 0 Å². The van der Waals surface area contributed by atoms with Crippen molar-refractivity contribution in [3.05, 3.63) is 0 Å². The molecular formula is C41H78N2O12. The van der Waals surface area contributed by atoms with Crippen molar-refractivity contribution < 1.29 is 57.6 Å². The third kappa shape index (κ3) is 10.8. The number of aliphatic hydroxyl groups excluding tert-OH is 1. The van der Waals surface area contributed by atoms with Crippen LogP contribution in [0.2, 0.25) is 0 Å². The van der Waals surface area contributed by atoms with E-state index >= 15 is 0 Å². The minimum absolute atomic E-state index is 0.0320. The molecule has 3 rings (SSSR count). The summed E-state index contributed by atoms with van der Waals surface area (Å²) in [5.41, 5.74) is -3.26. The Morgan fingerprint density at radius 2 is 1.51 bits per heavy atom. The first-order chi connectivity index (χ1) is 25.5. The molecule has 0 bridgehead atoms. The summed E-state index contributed by atoms with van der Waals surface area (Å²) >= 11 is 0. The molecular weight excluding hydrogens is 712 g/mol. The molecule has 0 aromatic heterocycles. The molecule has 0 radical (unpaired) electrons. The van der Waals surface area contributed by atoms with Crippen LogP contribution in [-0.4, -0.2) is 172 Å². The smallest absolute Gasteiger partial charge is 0.311 e. The monoisotopic (exact) mass is 791 g/mol. The molecule has 14 heteroatoms. The number of aliphatic hydroxyl groups is 2. The Balaban J connectivity index is 2.22. The maximum absolute atomic E-state index is 14.6. The number of hydrogen-bond acceptors (Lipinski definition) is 14. The molecule has 0 spiro atoms. The number of nitrogens with zero attached hydrogens (tertiary/aromatic N) is 2. The van der Waals surface area contributed by atoms with Crippen LogP contribution in [-0.2, 0) is 47.4 Å². The lowest BCUT2D eigenvalue weighted by molar-refractivity contribution is -0.319. The van der Waals surface area contributed by atoms with Crippen molar-refractivity contribution in [1.82, 2.24) is 9.80 Å². The number of likely N-dealkylation sites (N-methyl/N-ethyl adjacent to an activating group) is 2. The topological polar surface area (TPSA) is 147 Å². The molecule has 324 valence electrons. The predicted octanol–water partition coefficient (Wildman–Crippen LogP) is 3.86. The Morgan fingerprint density at radius 3 is 2.04 bits per heavy atom. The zero-order valence-electron chi connectivity index (χ0n) is 37.1. The highest BCUT2D eigenvalue weighted by molar-refractivity contribution is 5.73. The Hall–Kier alpha value is -1.01. The number of carbonyl (C=O) groups excluding carboxylic acids is 1. The summed E-state index contributed by atoms with van der Waals surface area (Å²) in [7, 11) is 12.4. The molecule has 0 saturated carbocycles. The first-order valence-electron chi connectivity index (χ1n) is 20.3. The second-order valence-corrected chi connectivity index (χ2v) is 17.8. The fraction of sp³-hybridized carbons (Fsp3) is 0.976. The molecule has 14 nitrogen and oxygen atoms in total. The Labute approximate surface area is 332 Å². The van der Waals surface area contributed by atoms with Gasteiger partial charge in [0, 0.05) is 59.4 Å². The molecule has 0 aromatic carbocycles. The van der Waals surface area contributed by atoms with E-state index in [1.807, 2.05) is 67.6 Å². The number of esters is 1. The molecule has 0 aliphatic carbocycles. The fourth-order valence-electron chi connectivity index (χ4n) is 9.81. The lowest BCUT2D eigenvalue weighted by atomic mass is 9.77. The second kappa shape index (κ2) is 19.8. The predicted molar refractivity (Wildman–Crippen MR) is 209 cm³/mol. The Kier molecular flexibility index (Phi) is 17.4. The third-order valence-corrected chi connectivity index (χ3v) is 13.0. The molecule has 3 aliphatic rings. The van der Waals surface area contributed by atoms with Crippen LogP contribution in [0.1, 0.15) is 94.9 Å². The molecule has 3 saturated heterocycles. The van der Waals surface area contributed by atoms with Crippen LogP contribution >= 0.6 is 0 Å². The lowest BCUT2D eigenvalue weighted by Crippen LogP contribution is -2.61. The molecule has 0 unspecified atom stereocenters. The summed E-state index contributed by atoms with van der Waals surface area (Å²) in [6.07, 6.45) is -5.20. The summed E-state index contributed by atoms with van der Waals surface area (Å²) in [6.45, 7) is 19.9. The third-order valence-electron chi connectivity index (χ3n) is 13.0. The van der Waals surface area contributed by atoms with Gasteiger partial charge in [0.2, 0.25) is 0 Å². The quantitative estimate of drug-likeness (QED) is 0.309. The van der Waals surface area contributed by atoms with Gasteiger partial charge in [0.25, 0.3) is 0 Å². The molecule has 0 amide bonds. The number of hydrogen-bond donors (Lipinski definition) is 2. The van der Waals surface area contributed by atoms with Crippen LogP contribution in [0, 0.1) is 17.8 Å². The first kappa shape index (κ1) is 48.4. The Bertz CT molecular complexity index is 1200. The van der Waals surface area contributed by atoms with Crippen LogP contribution in [0.25, 0.3) is 0 Å². The van der Waals surface area contributed by atoms with E-state index in [0.29, 0.717) is 32.2 Å². The van der Waals surface area contributed by atoms with Gasteiger partial charge in [0.1, 0.15) is 30.0 Å². The van der Waals surface area contributed by atoms with E-state index in [9.17, 15) is 15.0 Å². The van der Waals surface area contributed by atoms with Crippen molar-refractivity contribution in [3.8, 4) is 0 Å². The average Bonchev–Trinajstić information content (AvgIpc) is 3.11. The second-order valence-electron chi connectivity index (χ2n) is 17.8. The standard InChI is InChI=1S/C41H78N2O12/c1-18-30-41(10,50-17)35(47-14)27(6)43(13)22-23(2)20-39(8,46)34(55-38-32(44)29(42(11)12)19-24(3)51-38)25(4)33(26(5)37(45)53-30)54-31-21-40(9,49-16)36(48-15)28(7)52-31/h23-36,38,44,46H,18-22H2,1-17H3/t23-,24-,25+,26-,27-,28-,29-,30-,31+,32-,33+,34-,35-,36+,38+,39-,40-,41-/m1/s1. The van der Waals surface area contributed by atoms with Gasteiger partial charge in [0.15, 0.2) is 12.6 Å². The van der Waals surface area contributed by atoms with Crippen LogP contribution in [0.15, 0.2) is 0 Å². The largest absolute Gasteiger partial charge is 0.459 e. The molecule has 3 fully saturated rings. The zero-order valence-corrected chi connectivity index (χ0v) is 37.1. The van der Waals surface area contributed by atoms with Gasteiger partial charge in [-0.2, -0.15) is 0 Å². The van der Waals surface area contributed by atoms with Crippen molar-refractivity contribution in [1.29, 1.82) is 0 Å². The molecule has 0 aromatic rings. The molecule has 18 atom stereocenters. The summed E-state index contributed by atoms with van der Waals surface area (Å²) in [5.74, 6) is -2.08. The van der Waals surface area contributed by atoms with Crippen molar-refractivity contribution >= 4 is 5.97 Å². The molecule has 3 aliphatic heterocycles. The van der Waals surface area contributed by atoms with Crippen LogP contribution in [0.5, 0.6) is 0 Å². The van der Waals surface area contributed by atoms with Gasteiger partial charge >= 0.3 is 5.97 Å². The van der Waals surface area contributed by atoms with E-state index < -0.39 is 83.8 Å². The van der Waals surface area contributed by atoms with Crippen molar-refractivity contribution in [2.75, 3.05) is 56.1 Å². The van der Waals surface area contributed by atoms with Gasteiger partial charge in [-0.05, 0) is 94.8 Å². The number of cyclic esters (lactones) is 1. The van der Waals surface area contributed by atoms with Gasteiger partial charge in [-0.1, -0.05) is 20.8 Å². The molecule has 55 heavy (non-hydrogen) atoms. The lowest BCUT2D eigenvalue weighted by Gasteiger charge is -2.49. The maximum Gasteiger partial charge on any atom is 0.311 e. The van der Waals surface area contributed by atoms with Crippen molar-refractivity contribution in [3.63, 3.8) is 0 Å². The van der Waals surface area contributed by atoms with Crippen LogP contribution in [0.3, 0.4) is 0 Å². The summed E-state index contributed by atoms with van der Waals surface area (Å²) < 4.78 is 57.0. The summed E-state index contributed by atoms with van der Waals surface area (Å²) in [4.78, 5) is 18.7. The van der Waals surface area contributed by atoms with Gasteiger partial charge in [-0.3, -0.25) is 4.79 Å². The number of carbonyl (C=O) groups is 1. The van der Waals surface area contributed by atoms with Crippen LogP contribution < -0.4 is 0 Å². The first-order valence-corrected chi connectivity index (χ1v) is 20.3. The highest BCUT2D eigenvalue weighted by Crippen LogP contribution is 2.41. The van der Waals surface area contributed by atoms with Crippen molar-refractivity contribution in [2.45, 2.75) is 185 Å². The normalized spacial score (nSPS) is 47.6. The van der Waals surface area contributed by atoms with Crippen LogP contribution in [0.4, 0.5) is 0 Å². The highest BCUT2D eigenvalue weighted by atomic mass is 16.7. The minimum atomic E-state index is -1.48.